The highest BCUT2D eigenvalue weighted by Gasteiger charge is 2.10. The molecular formula is C10H8N2O4. The molecule has 0 aliphatic rings. The molecule has 0 saturated heterocycles. The second-order valence-electron chi connectivity index (χ2n) is 3.20. The Labute approximate surface area is 89.5 Å². The molecule has 0 aromatic carbocycles. The summed E-state index contributed by atoms with van der Waals surface area (Å²) in [6, 6.07) is 4.43. The molecule has 0 radical (unpaired) electrons. The Morgan fingerprint density at radius 2 is 1.75 bits per heavy atom. The normalized spacial score (nSPS) is 10.2. The molecule has 0 amide bonds. The zero-order chi connectivity index (χ0) is 11.7. The fourth-order valence-corrected chi connectivity index (χ4v) is 1.36. The van der Waals surface area contributed by atoms with Crippen LogP contribution < -0.4 is 0 Å². The topological polar surface area (TPSA) is 106 Å². The Morgan fingerprint density at radius 1 is 1.06 bits per heavy atom. The van der Waals surface area contributed by atoms with Crippen molar-refractivity contribution in [2.45, 2.75) is 0 Å². The Hall–Kier alpha value is -2.50. The van der Waals surface area contributed by atoms with Crippen LogP contribution in [0.1, 0.15) is 21.0 Å². The zero-order valence-electron chi connectivity index (χ0n) is 8.02. The van der Waals surface area contributed by atoms with Gasteiger partial charge in [-0.1, -0.05) is 0 Å². The number of hydrogen-bond acceptors (Lipinski definition) is 2. The van der Waals surface area contributed by atoms with Crippen molar-refractivity contribution in [2.24, 2.45) is 0 Å². The number of carbonyl (C=O) groups is 2. The van der Waals surface area contributed by atoms with E-state index >= 15 is 0 Å². The summed E-state index contributed by atoms with van der Waals surface area (Å²) in [7, 11) is 0. The van der Waals surface area contributed by atoms with Gasteiger partial charge >= 0.3 is 11.9 Å². The summed E-state index contributed by atoms with van der Waals surface area (Å²) in [6.07, 6.45) is 1.50. The lowest BCUT2D eigenvalue weighted by Gasteiger charge is -1.90. The van der Waals surface area contributed by atoms with E-state index in [0.717, 1.165) is 0 Å². The molecule has 2 heterocycles. The van der Waals surface area contributed by atoms with Crippen molar-refractivity contribution in [3.63, 3.8) is 0 Å². The van der Waals surface area contributed by atoms with E-state index in [1.54, 1.807) is 6.07 Å². The maximum absolute atomic E-state index is 10.6. The summed E-state index contributed by atoms with van der Waals surface area (Å²) in [5, 5.41) is 17.4. The van der Waals surface area contributed by atoms with Gasteiger partial charge in [-0.05, 0) is 18.2 Å². The summed E-state index contributed by atoms with van der Waals surface area (Å²) in [4.78, 5) is 26.5. The number of nitrogens with one attached hydrogen (secondary N) is 2. The van der Waals surface area contributed by atoms with Crippen LogP contribution in [0.5, 0.6) is 0 Å². The van der Waals surface area contributed by atoms with Gasteiger partial charge in [-0.2, -0.15) is 0 Å². The van der Waals surface area contributed by atoms with Gasteiger partial charge in [0.1, 0.15) is 11.4 Å². The number of aromatic amines is 2. The molecule has 0 bridgehead atoms. The van der Waals surface area contributed by atoms with Crippen molar-refractivity contribution in [3.8, 4) is 11.3 Å². The first-order chi connectivity index (χ1) is 7.58. The molecule has 16 heavy (non-hydrogen) atoms. The molecule has 0 unspecified atom stereocenters. The van der Waals surface area contributed by atoms with Crippen LogP contribution in [0.15, 0.2) is 24.4 Å². The summed E-state index contributed by atoms with van der Waals surface area (Å²) in [5.41, 5.74) is 1.28. The minimum absolute atomic E-state index is 0.0569. The van der Waals surface area contributed by atoms with Gasteiger partial charge in [-0.3, -0.25) is 0 Å². The minimum atomic E-state index is -1.06. The van der Waals surface area contributed by atoms with Crippen molar-refractivity contribution in [1.29, 1.82) is 0 Å². The highest BCUT2D eigenvalue weighted by molar-refractivity contribution is 5.89. The van der Waals surface area contributed by atoms with Gasteiger partial charge in [0.25, 0.3) is 0 Å². The van der Waals surface area contributed by atoms with Gasteiger partial charge < -0.3 is 20.2 Å². The maximum Gasteiger partial charge on any atom is 0.352 e. The molecule has 0 saturated carbocycles. The number of H-pyrrole nitrogens is 2. The average Bonchev–Trinajstić information content (AvgIpc) is 2.86. The monoisotopic (exact) mass is 220 g/mol. The van der Waals surface area contributed by atoms with Crippen LogP contribution in [0.2, 0.25) is 0 Å². The third-order valence-electron chi connectivity index (χ3n) is 2.14. The van der Waals surface area contributed by atoms with Gasteiger partial charge in [-0.25, -0.2) is 9.59 Å². The van der Waals surface area contributed by atoms with E-state index in [4.69, 9.17) is 10.2 Å². The fraction of sp³-hybridized carbons (Fsp3) is 0. The van der Waals surface area contributed by atoms with Crippen LogP contribution in [-0.2, 0) is 0 Å². The molecule has 82 valence electrons. The van der Waals surface area contributed by atoms with Crippen LogP contribution in [-0.4, -0.2) is 32.1 Å². The second kappa shape index (κ2) is 3.58. The molecule has 0 atom stereocenters. The smallest absolute Gasteiger partial charge is 0.352 e. The Kier molecular flexibility index (Phi) is 2.24. The van der Waals surface area contributed by atoms with Gasteiger partial charge in [0.2, 0.25) is 0 Å². The van der Waals surface area contributed by atoms with Gasteiger partial charge in [0.05, 0.1) is 0 Å². The van der Waals surface area contributed by atoms with E-state index in [9.17, 15) is 9.59 Å². The molecule has 2 rings (SSSR count). The van der Waals surface area contributed by atoms with Gasteiger partial charge in [0.15, 0.2) is 0 Å². The first-order valence-electron chi connectivity index (χ1n) is 4.42. The first kappa shape index (κ1) is 10.0. The summed E-state index contributed by atoms with van der Waals surface area (Å²) >= 11 is 0. The van der Waals surface area contributed by atoms with Crippen LogP contribution >= 0.6 is 0 Å². The molecule has 0 aliphatic carbocycles. The zero-order valence-corrected chi connectivity index (χ0v) is 8.02. The maximum atomic E-state index is 10.6. The van der Waals surface area contributed by atoms with Crippen molar-refractivity contribution in [1.82, 2.24) is 9.97 Å². The quantitative estimate of drug-likeness (QED) is 0.627. The van der Waals surface area contributed by atoms with E-state index in [-0.39, 0.29) is 11.4 Å². The van der Waals surface area contributed by atoms with Crippen LogP contribution in [0, 0.1) is 0 Å². The summed E-state index contributed by atoms with van der Waals surface area (Å²) in [6.45, 7) is 0. The SMILES string of the molecule is O=C(O)c1cc(-c2ccc(C(=O)O)[nH]2)c[nH]1. The van der Waals surface area contributed by atoms with E-state index in [1.165, 1.54) is 18.3 Å². The molecule has 2 aromatic heterocycles. The van der Waals surface area contributed by atoms with Crippen LogP contribution in [0.3, 0.4) is 0 Å². The van der Waals surface area contributed by atoms with Crippen molar-refractivity contribution in [2.75, 3.05) is 0 Å². The standard InChI is InChI=1S/C10H8N2O4/c13-9(14)7-2-1-6(12-7)5-3-8(10(15)16)11-4-5/h1-4,11-12H,(H,13,14)(H,15,16). The molecule has 2 aromatic rings. The highest BCUT2D eigenvalue weighted by Crippen LogP contribution is 2.19. The third-order valence-corrected chi connectivity index (χ3v) is 2.14. The number of aromatic carboxylic acids is 2. The minimum Gasteiger partial charge on any atom is -0.477 e. The van der Waals surface area contributed by atoms with E-state index in [1.807, 2.05) is 0 Å². The molecule has 0 aliphatic heterocycles. The van der Waals surface area contributed by atoms with Gasteiger partial charge in [0, 0.05) is 17.5 Å². The fourth-order valence-electron chi connectivity index (χ4n) is 1.36. The van der Waals surface area contributed by atoms with Crippen LogP contribution in [0.4, 0.5) is 0 Å². The highest BCUT2D eigenvalue weighted by atomic mass is 16.4. The van der Waals surface area contributed by atoms with Crippen molar-refractivity contribution < 1.29 is 19.8 Å². The predicted molar refractivity (Wildman–Crippen MR) is 54.5 cm³/mol. The lowest BCUT2D eigenvalue weighted by Crippen LogP contribution is -1.95. The number of hydrogen-bond donors (Lipinski definition) is 4. The summed E-state index contributed by atoms with van der Waals surface area (Å²) in [5.74, 6) is -2.11. The number of carboxylic acids is 2. The molecule has 0 spiro atoms. The number of rotatable bonds is 3. The average molecular weight is 220 g/mol. The molecular weight excluding hydrogens is 212 g/mol. The van der Waals surface area contributed by atoms with Gasteiger partial charge in [-0.15, -0.1) is 0 Å². The predicted octanol–water partition coefficient (Wildman–Crippen LogP) is 1.41. The van der Waals surface area contributed by atoms with Crippen molar-refractivity contribution in [3.05, 3.63) is 35.8 Å². The lowest BCUT2D eigenvalue weighted by molar-refractivity contribution is 0.0680. The second-order valence-corrected chi connectivity index (χ2v) is 3.20. The van der Waals surface area contributed by atoms with Crippen molar-refractivity contribution >= 4 is 11.9 Å². The Morgan fingerprint density at radius 3 is 2.25 bits per heavy atom. The number of carboxylic acid groups (broad SMARTS) is 2. The lowest BCUT2D eigenvalue weighted by atomic mass is 10.2. The Balaban J connectivity index is 2.35. The molecule has 6 heteroatoms. The van der Waals surface area contributed by atoms with E-state index in [0.29, 0.717) is 11.3 Å². The third kappa shape index (κ3) is 1.68. The van der Waals surface area contributed by atoms with E-state index in [2.05, 4.69) is 9.97 Å². The first-order valence-corrected chi connectivity index (χ1v) is 4.42. The molecule has 4 N–H and O–H groups in total. The number of aromatic nitrogens is 2. The Bertz CT molecular complexity index is 502. The van der Waals surface area contributed by atoms with E-state index < -0.39 is 11.9 Å². The van der Waals surface area contributed by atoms with Crippen LogP contribution in [0.25, 0.3) is 11.3 Å². The molecule has 0 fully saturated rings. The summed E-state index contributed by atoms with van der Waals surface area (Å²) < 4.78 is 0. The largest absolute Gasteiger partial charge is 0.477 e. The molecule has 6 nitrogen and oxygen atoms in total.